The number of amides is 1. The van der Waals surface area contributed by atoms with Crippen molar-refractivity contribution >= 4 is 5.91 Å². The summed E-state index contributed by atoms with van der Waals surface area (Å²) in [4.78, 5) is 12.0. The molecule has 0 radical (unpaired) electrons. The molecule has 0 spiro atoms. The maximum atomic E-state index is 12.0. The van der Waals surface area contributed by atoms with Gasteiger partial charge in [0, 0.05) is 25.3 Å². The van der Waals surface area contributed by atoms with Crippen LogP contribution in [-0.4, -0.2) is 31.2 Å². The van der Waals surface area contributed by atoms with Crippen LogP contribution in [-0.2, 0) is 9.53 Å². The highest BCUT2D eigenvalue weighted by atomic mass is 16.5. The predicted molar refractivity (Wildman–Crippen MR) is 70.8 cm³/mol. The molecule has 0 saturated heterocycles. The average Bonchev–Trinajstić information content (AvgIpc) is 2.21. The van der Waals surface area contributed by atoms with Crippen molar-refractivity contribution in [2.75, 3.05) is 19.8 Å². The lowest BCUT2D eigenvalue weighted by atomic mass is 9.74. The van der Waals surface area contributed by atoms with E-state index in [1.54, 1.807) is 0 Å². The molecule has 0 aromatic heterocycles. The van der Waals surface area contributed by atoms with Crippen molar-refractivity contribution in [3.05, 3.63) is 0 Å². The zero-order chi connectivity index (χ0) is 13.5. The number of carbonyl (C=O) groups is 1. The molecule has 102 valence electrons. The highest BCUT2D eigenvalue weighted by Crippen LogP contribution is 2.28. The van der Waals surface area contributed by atoms with Gasteiger partial charge in [-0.3, -0.25) is 4.79 Å². The average molecular weight is 244 g/mol. The maximum absolute atomic E-state index is 12.0. The lowest BCUT2D eigenvalue weighted by molar-refractivity contribution is -0.132. The van der Waals surface area contributed by atoms with Crippen LogP contribution in [0.15, 0.2) is 0 Å². The Morgan fingerprint density at radius 2 is 1.82 bits per heavy atom. The quantitative estimate of drug-likeness (QED) is 0.639. The van der Waals surface area contributed by atoms with E-state index >= 15 is 0 Å². The zero-order valence-electron chi connectivity index (χ0n) is 11.9. The molecule has 0 aliphatic carbocycles. The molecule has 4 heteroatoms. The Bertz CT molecular complexity index is 232. The Kier molecular flexibility index (Phi) is 6.72. The first-order valence-corrected chi connectivity index (χ1v) is 6.38. The summed E-state index contributed by atoms with van der Waals surface area (Å²) in [7, 11) is 0. The largest absolute Gasteiger partial charge is 0.381 e. The van der Waals surface area contributed by atoms with Crippen molar-refractivity contribution in [2.45, 2.75) is 53.0 Å². The molecule has 0 aromatic carbocycles. The molecule has 0 aliphatic rings. The minimum absolute atomic E-state index is 0.000455. The standard InChI is InChI=1S/C13H28N2O2/c1-6-9-17-10-7-8-15-11(16)12(2,3)13(4,5)14/h6-10,14H2,1-5H3,(H,15,16). The number of hydrogen-bond donors (Lipinski definition) is 2. The first kappa shape index (κ1) is 16.4. The Hall–Kier alpha value is -0.610. The van der Waals surface area contributed by atoms with Gasteiger partial charge in [0.05, 0.1) is 5.41 Å². The molecular weight excluding hydrogens is 216 g/mol. The zero-order valence-corrected chi connectivity index (χ0v) is 11.9. The highest BCUT2D eigenvalue weighted by molar-refractivity contribution is 5.83. The lowest BCUT2D eigenvalue weighted by Crippen LogP contribution is -2.55. The van der Waals surface area contributed by atoms with Gasteiger partial charge < -0.3 is 15.8 Å². The Labute approximate surface area is 105 Å². The molecule has 0 aliphatic heterocycles. The van der Waals surface area contributed by atoms with Gasteiger partial charge in [-0.15, -0.1) is 0 Å². The van der Waals surface area contributed by atoms with Crippen LogP contribution in [0.1, 0.15) is 47.5 Å². The van der Waals surface area contributed by atoms with Crippen LogP contribution in [0, 0.1) is 5.41 Å². The summed E-state index contributed by atoms with van der Waals surface area (Å²) in [5, 5.41) is 2.91. The van der Waals surface area contributed by atoms with Gasteiger partial charge in [0.25, 0.3) is 0 Å². The number of nitrogens with two attached hydrogens (primary N) is 1. The van der Waals surface area contributed by atoms with Crippen molar-refractivity contribution in [2.24, 2.45) is 11.1 Å². The van der Waals surface area contributed by atoms with Crippen LogP contribution in [0.4, 0.5) is 0 Å². The summed E-state index contributed by atoms with van der Waals surface area (Å²) < 4.78 is 5.34. The number of hydrogen-bond acceptors (Lipinski definition) is 3. The molecule has 0 unspecified atom stereocenters. The molecule has 0 rings (SSSR count). The van der Waals surface area contributed by atoms with Gasteiger partial charge in [-0.2, -0.15) is 0 Å². The Morgan fingerprint density at radius 1 is 1.24 bits per heavy atom. The first-order chi connectivity index (χ1) is 7.73. The van der Waals surface area contributed by atoms with E-state index in [0.717, 1.165) is 19.4 Å². The van der Waals surface area contributed by atoms with Gasteiger partial charge in [-0.1, -0.05) is 6.92 Å². The maximum Gasteiger partial charge on any atom is 0.227 e. The van der Waals surface area contributed by atoms with Gasteiger partial charge in [0.15, 0.2) is 0 Å². The number of rotatable bonds is 8. The van der Waals surface area contributed by atoms with E-state index in [4.69, 9.17) is 10.5 Å². The minimum atomic E-state index is -0.572. The van der Waals surface area contributed by atoms with Gasteiger partial charge in [-0.25, -0.2) is 0 Å². The van der Waals surface area contributed by atoms with Crippen molar-refractivity contribution in [1.82, 2.24) is 5.32 Å². The van der Waals surface area contributed by atoms with E-state index in [-0.39, 0.29) is 5.91 Å². The second-order valence-corrected chi connectivity index (χ2v) is 5.57. The molecule has 17 heavy (non-hydrogen) atoms. The minimum Gasteiger partial charge on any atom is -0.381 e. The van der Waals surface area contributed by atoms with Crippen molar-refractivity contribution in [3.63, 3.8) is 0 Å². The summed E-state index contributed by atoms with van der Waals surface area (Å²) in [5.41, 5.74) is 4.89. The van der Waals surface area contributed by atoms with Crippen LogP contribution >= 0.6 is 0 Å². The molecule has 0 heterocycles. The lowest BCUT2D eigenvalue weighted by Gasteiger charge is -2.36. The van der Waals surface area contributed by atoms with Gasteiger partial charge in [0.1, 0.15) is 0 Å². The first-order valence-electron chi connectivity index (χ1n) is 6.38. The third-order valence-electron chi connectivity index (χ3n) is 3.28. The molecule has 4 nitrogen and oxygen atoms in total. The molecule has 1 amide bonds. The fourth-order valence-electron chi connectivity index (χ4n) is 1.14. The third kappa shape index (κ3) is 5.50. The van der Waals surface area contributed by atoms with E-state index in [9.17, 15) is 4.79 Å². The Balaban J connectivity index is 3.87. The molecule has 0 bridgehead atoms. The highest BCUT2D eigenvalue weighted by Gasteiger charge is 2.39. The SMILES string of the molecule is CCCOCCCNC(=O)C(C)(C)C(C)(C)N. The van der Waals surface area contributed by atoms with Crippen molar-refractivity contribution in [3.8, 4) is 0 Å². The van der Waals surface area contributed by atoms with Crippen LogP contribution in [0.3, 0.4) is 0 Å². The van der Waals surface area contributed by atoms with E-state index in [1.807, 2.05) is 27.7 Å². The number of ether oxygens (including phenoxy) is 1. The molecular formula is C13H28N2O2. The fourth-order valence-corrected chi connectivity index (χ4v) is 1.14. The van der Waals surface area contributed by atoms with E-state index in [2.05, 4.69) is 12.2 Å². The smallest absolute Gasteiger partial charge is 0.227 e. The summed E-state index contributed by atoms with van der Waals surface area (Å²) in [5.74, 6) is 0.000455. The number of carbonyl (C=O) groups excluding carboxylic acids is 1. The summed E-state index contributed by atoms with van der Waals surface area (Å²) >= 11 is 0. The van der Waals surface area contributed by atoms with Gasteiger partial charge >= 0.3 is 0 Å². The van der Waals surface area contributed by atoms with E-state index in [1.165, 1.54) is 0 Å². The summed E-state index contributed by atoms with van der Waals surface area (Å²) in [6, 6.07) is 0. The monoisotopic (exact) mass is 244 g/mol. The van der Waals surface area contributed by atoms with Crippen LogP contribution in [0.25, 0.3) is 0 Å². The molecule has 3 N–H and O–H groups in total. The fraction of sp³-hybridized carbons (Fsp3) is 0.923. The third-order valence-corrected chi connectivity index (χ3v) is 3.28. The van der Waals surface area contributed by atoms with Crippen LogP contribution < -0.4 is 11.1 Å². The van der Waals surface area contributed by atoms with E-state index < -0.39 is 11.0 Å². The Morgan fingerprint density at radius 3 is 2.29 bits per heavy atom. The van der Waals surface area contributed by atoms with Crippen molar-refractivity contribution in [1.29, 1.82) is 0 Å². The van der Waals surface area contributed by atoms with Crippen LogP contribution in [0.5, 0.6) is 0 Å². The normalized spacial score (nSPS) is 12.6. The molecule has 0 aromatic rings. The second kappa shape index (κ2) is 6.97. The predicted octanol–water partition coefficient (Wildman–Crippen LogP) is 1.68. The molecule has 0 saturated carbocycles. The summed E-state index contributed by atoms with van der Waals surface area (Å²) in [6.07, 6.45) is 1.87. The molecule has 0 atom stereocenters. The second-order valence-electron chi connectivity index (χ2n) is 5.57. The summed E-state index contributed by atoms with van der Waals surface area (Å²) in [6.45, 7) is 11.7. The van der Waals surface area contributed by atoms with Gasteiger partial charge in [0.2, 0.25) is 5.91 Å². The number of nitrogens with one attached hydrogen (secondary N) is 1. The van der Waals surface area contributed by atoms with Gasteiger partial charge in [-0.05, 0) is 40.5 Å². The van der Waals surface area contributed by atoms with Crippen LogP contribution in [0.2, 0.25) is 0 Å². The van der Waals surface area contributed by atoms with E-state index in [0.29, 0.717) is 13.2 Å². The molecule has 0 fully saturated rings. The van der Waals surface area contributed by atoms with Crippen molar-refractivity contribution < 1.29 is 9.53 Å². The topological polar surface area (TPSA) is 64.3 Å².